The zero-order valence-electron chi connectivity index (χ0n) is 14.4. The summed E-state index contributed by atoms with van der Waals surface area (Å²) in [4.78, 5) is 12.9. The minimum absolute atomic E-state index is 0.0587. The Labute approximate surface area is 156 Å². The van der Waals surface area contributed by atoms with Crippen LogP contribution in [0, 0.1) is 19.7 Å². The molecule has 3 rings (SSSR count). The van der Waals surface area contributed by atoms with Crippen molar-refractivity contribution in [2.75, 3.05) is 0 Å². The summed E-state index contributed by atoms with van der Waals surface area (Å²) in [5.41, 5.74) is 3.43. The predicted molar refractivity (Wildman–Crippen MR) is 103 cm³/mol. The molecular formula is C21H18ClFN2O. The number of nitrogens with one attached hydrogen (secondary N) is 2. The molecule has 0 bridgehead atoms. The highest BCUT2D eigenvalue weighted by molar-refractivity contribution is 6.30. The van der Waals surface area contributed by atoms with Gasteiger partial charge in [0.05, 0.1) is 5.56 Å². The molecule has 0 spiro atoms. The van der Waals surface area contributed by atoms with Gasteiger partial charge in [0, 0.05) is 23.0 Å². The number of rotatable bonds is 3. The van der Waals surface area contributed by atoms with E-state index in [1.165, 1.54) is 6.07 Å². The van der Waals surface area contributed by atoms with Gasteiger partial charge in [-0.3, -0.25) is 4.79 Å². The molecule has 0 aliphatic heterocycles. The molecule has 0 aliphatic rings. The predicted octanol–water partition coefficient (Wildman–Crippen LogP) is 5.77. The van der Waals surface area contributed by atoms with E-state index in [9.17, 15) is 9.18 Å². The second-order valence-electron chi connectivity index (χ2n) is 6.05. The van der Waals surface area contributed by atoms with E-state index in [0.29, 0.717) is 16.1 Å². The summed E-state index contributed by atoms with van der Waals surface area (Å²) in [6.45, 7) is 3.47. The Balaban J connectivity index is 2.11. The molecule has 2 aromatic carbocycles. The lowest BCUT2D eigenvalue weighted by molar-refractivity contribution is 0.103. The molecule has 0 aliphatic carbocycles. The Morgan fingerprint density at radius 3 is 2.31 bits per heavy atom. The summed E-state index contributed by atoms with van der Waals surface area (Å²) in [5, 5.41) is 6.44. The Morgan fingerprint density at radius 2 is 1.58 bits per heavy atom. The van der Waals surface area contributed by atoms with Gasteiger partial charge in [-0.25, -0.2) is 4.39 Å². The molecule has 2 N–H and O–H groups in total. The third-order valence-corrected chi connectivity index (χ3v) is 4.43. The fourth-order valence-corrected chi connectivity index (χ4v) is 2.85. The SMILES string of the molecule is Cc1cc(-c2ccc(Cl)cc2)c[nH][nH]cc1C(=O)c1cccc(C)c1F. The lowest BCUT2D eigenvalue weighted by Gasteiger charge is -2.08. The van der Waals surface area contributed by atoms with E-state index >= 15 is 0 Å². The topological polar surface area (TPSA) is 48.6 Å². The van der Waals surface area contributed by atoms with E-state index in [1.54, 1.807) is 43.6 Å². The van der Waals surface area contributed by atoms with E-state index in [1.807, 2.05) is 25.1 Å². The zero-order chi connectivity index (χ0) is 18.7. The van der Waals surface area contributed by atoms with Gasteiger partial charge in [-0.1, -0.05) is 35.9 Å². The summed E-state index contributed by atoms with van der Waals surface area (Å²) in [6.07, 6.45) is 3.34. The average molecular weight is 369 g/mol. The van der Waals surface area contributed by atoms with Crippen LogP contribution >= 0.6 is 11.6 Å². The molecule has 1 heterocycles. The number of aromatic nitrogens is 2. The lowest BCUT2D eigenvalue weighted by atomic mass is 9.98. The van der Waals surface area contributed by atoms with Crippen molar-refractivity contribution in [3.05, 3.63) is 94.0 Å². The number of halogens is 2. The molecule has 0 saturated heterocycles. The Bertz CT molecular complexity index is 1000. The highest BCUT2D eigenvalue weighted by Gasteiger charge is 2.16. The van der Waals surface area contributed by atoms with Gasteiger partial charge in [0.2, 0.25) is 0 Å². The number of aromatic amines is 2. The Kier molecular flexibility index (Phi) is 5.24. The number of aryl methyl sites for hydroxylation is 2. The first-order chi connectivity index (χ1) is 12.5. The van der Waals surface area contributed by atoms with E-state index in [4.69, 9.17) is 11.6 Å². The molecule has 0 atom stereocenters. The smallest absolute Gasteiger partial charge is 0.197 e. The second kappa shape index (κ2) is 7.58. The minimum Gasteiger partial charge on any atom is -0.308 e. The van der Waals surface area contributed by atoms with Gasteiger partial charge in [-0.15, -0.1) is 0 Å². The third-order valence-electron chi connectivity index (χ3n) is 4.18. The molecule has 0 unspecified atom stereocenters. The normalized spacial score (nSPS) is 10.5. The van der Waals surface area contributed by atoms with Gasteiger partial charge in [0.1, 0.15) is 5.82 Å². The van der Waals surface area contributed by atoms with Crippen molar-refractivity contribution in [2.45, 2.75) is 13.8 Å². The summed E-state index contributed by atoms with van der Waals surface area (Å²) in [5.74, 6) is -0.860. The maximum atomic E-state index is 14.4. The average Bonchev–Trinajstić information content (AvgIpc) is 2.61. The van der Waals surface area contributed by atoms with Crippen LogP contribution in [-0.2, 0) is 0 Å². The monoisotopic (exact) mass is 368 g/mol. The maximum Gasteiger partial charge on any atom is 0.197 e. The molecule has 5 heteroatoms. The number of carbonyl (C=O) groups is 1. The quantitative estimate of drug-likeness (QED) is 0.566. The van der Waals surface area contributed by atoms with E-state index in [-0.39, 0.29) is 11.3 Å². The van der Waals surface area contributed by atoms with Crippen LogP contribution in [0.4, 0.5) is 4.39 Å². The molecule has 3 nitrogen and oxygen atoms in total. The molecular weight excluding hydrogens is 351 g/mol. The zero-order valence-corrected chi connectivity index (χ0v) is 15.2. The van der Waals surface area contributed by atoms with Gasteiger partial charge < -0.3 is 10.2 Å². The molecule has 132 valence electrons. The Hall–Kier alpha value is -2.85. The van der Waals surface area contributed by atoms with Gasteiger partial charge in [0.15, 0.2) is 5.78 Å². The van der Waals surface area contributed by atoms with Crippen molar-refractivity contribution < 1.29 is 9.18 Å². The first-order valence-electron chi connectivity index (χ1n) is 8.13. The first-order valence-corrected chi connectivity index (χ1v) is 8.51. The van der Waals surface area contributed by atoms with Crippen molar-refractivity contribution in [3.8, 4) is 11.1 Å². The third kappa shape index (κ3) is 3.70. The van der Waals surface area contributed by atoms with Crippen LogP contribution in [0.3, 0.4) is 0 Å². The van der Waals surface area contributed by atoms with Crippen LogP contribution in [0.15, 0.2) is 60.9 Å². The van der Waals surface area contributed by atoms with Gasteiger partial charge in [-0.2, -0.15) is 0 Å². The molecule has 1 aromatic heterocycles. The molecule has 0 fully saturated rings. The number of H-pyrrole nitrogens is 2. The highest BCUT2D eigenvalue weighted by atomic mass is 35.5. The fourth-order valence-electron chi connectivity index (χ4n) is 2.72. The van der Waals surface area contributed by atoms with E-state index < -0.39 is 5.82 Å². The van der Waals surface area contributed by atoms with Crippen LogP contribution < -0.4 is 0 Å². The van der Waals surface area contributed by atoms with Crippen molar-refractivity contribution in [2.24, 2.45) is 0 Å². The van der Waals surface area contributed by atoms with Crippen molar-refractivity contribution >= 4 is 17.4 Å². The number of carbonyl (C=O) groups excluding carboxylic acids is 1. The first kappa shape index (κ1) is 18.0. The van der Waals surface area contributed by atoms with Crippen molar-refractivity contribution in [1.29, 1.82) is 0 Å². The Morgan fingerprint density at radius 1 is 0.885 bits per heavy atom. The van der Waals surface area contributed by atoms with Gasteiger partial charge >= 0.3 is 0 Å². The second-order valence-corrected chi connectivity index (χ2v) is 6.48. The lowest BCUT2D eigenvalue weighted by Crippen LogP contribution is -2.07. The maximum absolute atomic E-state index is 14.4. The minimum atomic E-state index is -0.491. The van der Waals surface area contributed by atoms with Gasteiger partial charge in [0.25, 0.3) is 0 Å². The van der Waals surface area contributed by atoms with Crippen LogP contribution in [0.25, 0.3) is 11.1 Å². The van der Waals surface area contributed by atoms with Gasteiger partial charge in [-0.05, 0) is 60.4 Å². The van der Waals surface area contributed by atoms with Crippen molar-refractivity contribution in [1.82, 2.24) is 10.2 Å². The standard InChI is InChI=1S/C21H18ClFN2O/c1-13-4-3-5-18(20(13)23)21(26)19-12-25-24-11-16(10-14(19)2)15-6-8-17(22)9-7-15/h3-12,24-25H,1-2H3. The summed E-state index contributed by atoms with van der Waals surface area (Å²) >= 11 is 5.95. The largest absolute Gasteiger partial charge is 0.308 e. The molecule has 0 saturated carbocycles. The van der Waals surface area contributed by atoms with Crippen LogP contribution in [-0.4, -0.2) is 16.0 Å². The fraction of sp³-hybridized carbons (Fsp3) is 0.0952. The molecule has 0 amide bonds. The molecule has 0 radical (unpaired) electrons. The number of hydrogen-bond acceptors (Lipinski definition) is 1. The molecule has 3 aromatic rings. The van der Waals surface area contributed by atoms with E-state index in [2.05, 4.69) is 10.2 Å². The van der Waals surface area contributed by atoms with Crippen LogP contribution in [0.5, 0.6) is 0 Å². The highest BCUT2D eigenvalue weighted by Crippen LogP contribution is 2.23. The summed E-state index contributed by atoms with van der Waals surface area (Å²) in [6, 6.07) is 14.1. The summed E-state index contributed by atoms with van der Waals surface area (Å²) in [7, 11) is 0. The number of hydrogen-bond donors (Lipinski definition) is 2. The summed E-state index contributed by atoms with van der Waals surface area (Å²) < 4.78 is 14.4. The van der Waals surface area contributed by atoms with Crippen LogP contribution in [0.2, 0.25) is 5.02 Å². The van der Waals surface area contributed by atoms with Crippen LogP contribution in [0.1, 0.15) is 27.0 Å². The van der Waals surface area contributed by atoms with Crippen molar-refractivity contribution in [3.63, 3.8) is 0 Å². The number of ketones is 1. The number of benzene rings is 2. The van der Waals surface area contributed by atoms with E-state index in [0.717, 1.165) is 16.7 Å². The molecule has 26 heavy (non-hydrogen) atoms.